The highest BCUT2D eigenvalue weighted by Gasteiger charge is 2.21. The maximum absolute atomic E-state index is 12.6. The van der Waals surface area contributed by atoms with Crippen LogP contribution in [0.1, 0.15) is 18.3 Å². The van der Waals surface area contributed by atoms with E-state index in [1.54, 1.807) is 6.92 Å². The van der Waals surface area contributed by atoms with Gasteiger partial charge in [0, 0.05) is 6.20 Å². The molecule has 1 N–H and O–H groups in total. The number of rotatable bonds is 5. The second-order valence-electron chi connectivity index (χ2n) is 5.88. The van der Waals surface area contributed by atoms with Gasteiger partial charge in [-0.3, -0.25) is 9.36 Å². The molecule has 6 nitrogen and oxygen atoms in total. The quantitative estimate of drug-likeness (QED) is 0.604. The van der Waals surface area contributed by atoms with E-state index in [-0.39, 0.29) is 16.7 Å². The number of para-hydroxylation sites is 1. The summed E-state index contributed by atoms with van der Waals surface area (Å²) in [6.45, 7) is 5.69. The summed E-state index contributed by atoms with van der Waals surface area (Å²) in [6, 6.07) is 9.48. The van der Waals surface area contributed by atoms with Crippen molar-refractivity contribution in [1.82, 2.24) is 19.7 Å². The number of amides is 1. The van der Waals surface area contributed by atoms with Crippen molar-refractivity contribution in [2.45, 2.75) is 31.2 Å². The minimum absolute atomic E-state index is 0.242. The van der Waals surface area contributed by atoms with Crippen molar-refractivity contribution in [2.75, 3.05) is 5.32 Å². The molecule has 0 aliphatic carbocycles. The minimum atomic E-state index is -0.440. The van der Waals surface area contributed by atoms with Crippen LogP contribution in [0.3, 0.4) is 0 Å². The standard InChI is InChI=1S/C18H17Cl2N5OS/c1-10-6-4-5-7-15(10)25-12(3)23-24-18(25)27-11(2)17(26)22-16-14(20)8-13(19)9-21-16/h4-9,11H,1-3H3,(H,21,22,26). The van der Waals surface area contributed by atoms with Gasteiger partial charge in [0.2, 0.25) is 5.91 Å². The molecule has 1 unspecified atom stereocenters. The number of aromatic nitrogens is 4. The Bertz CT molecular complexity index is 992. The van der Waals surface area contributed by atoms with Gasteiger partial charge in [-0.05, 0) is 38.5 Å². The lowest BCUT2D eigenvalue weighted by Gasteiger charge is -2.14. The predicted octanol–water partition coefficient (Wildman–Crippen LogP) is 4.71. The highest BCUT2D eigenvalue weighted by atomic mass is 35.5. The minimum Gasteiger partial charge on any atom is -0.308 e. The normalized spacial score (nSPS) is 12.0. The molecular weight excluding hydrogens is 405 g/mol. The van der Waals surface area contributed by atoms with Gasteiger partial charge in [0.15, 0.2) is 11.0 Å². The molecule has 27 heavy (non-hydrogen) atoms. The Kier molecular flexibility index (Phi) is 6.04. The van der Waals surface area contributed by atoms with Crippen LogP contribution in [0.15, 0.2) is 41.7 Å². The van der Waals surface area contributed by atoms with Gasteiger partial charge < -0.3 is 5.32 Å². The van der Waals surface area contributed by atoms with Crippen molar-refractivity contribution < 1.29 is 4.79 Å². The first kappa shape index (κ1) is 19.7. The fraction of sp³-hybridized carbons (Fsp3) is 0.222. The average Bonchev–Trinajstić information content (AvgIpc) is 2.98. The Morgan fingerprint density at radius 2 is 1.96 bits per heavy atom. The van der Waals surface area contributed by atoms with Crippen molar-refractivity contribution in [1.29, 1.82) is 0 Å². The fourth-order valence-corrected chi connectivity index (χ4v) is 3.78. The number of halogens is 2. The summed E-state index contributed by atoms with van der Waals surface area (Å²) in [5, 5.41) is 12.0. The Hall–Kier alpha value is -2.09. The molecule has 0 fully saturated rings. The van der Waals surface area contributed by atoms with E-state index in [0.29, 0.717) is 10.2 Å². The van der Waals surface area contributed by atoms with Crippen molar-refractivity contribution in [2.24, 2.45) is 0 Å². The number of aryl methyl sites for hydroxylation is 2. The molecule has 9 heteroatoms. The van der Waals surface area contributed by atoms with E-state index in [1.165, 1.54) is 24.0 Å². The van der Waals surface area contributed by atoms with E-state index in [4.69, 9.17) is 23.2 Å². The number of carbonyl (C=O) groups is 1. The molecule has 0 saturated carbocycles. The summed E-state index contributed by atoms with van der Waals surface area (Å²) < 4.78 is 1.94. The molecule has 2 heterocycles. The maximum atomic E-state index is 12.6. The summed E-state index contributed by atoms with van der Waals surface area (Å²) in [4.78, 5) is 16.6. The van der Waals surface area contributed by atoms with Gasteiger partial charge in [0.25, 0.3) is 0 Å². The SMILES string of the molecule is Cc1ccccc1-n1c(C)nnc1SC(C)C(=O)Nc1ncc(Cl)cc1Cl. The summed E-state index contributed by atoms with van der Waals surface area (Å²) in [5.41, 5.74) is 2.08. The monoisotopic (exact) mass is 421 g/mol. The van der Waals surface area contributed by atoms with Crippen LogP contribution in [0.4, 0.5) is 5.82 Å². The lowest BCUT2D eigenvalue weighted by molar-refractivity contribution is -0.115. The van der Waals surface area contributed by atoms with Crippen molar-refractivity contribution in [3.05, 3.63) is 58.0 Å². The summed E-state index contributed by atoms with van der Waals surface area (Å²) in [7, 11) is 0. The van der Waals surface area contributed by atoms with E-state index in [2.05, 4.69) is 20.5 Å². The van der Waals surface area contributed by atoms with E-state index >= 15 is 0 Å². The molecular formula is C18H17Cl2N5OS. The van der Waals surface area contributed by atoms with E-state index in [9.17, 15) is 4.79 Å². The molecule has 0 aliphatic heterocycles. The number of nitrogens with one attached hydrogen (secondary N) is 1. The van der Waals surface area contributed by atoms with Gasteiger partial charge in [-0.15, -0.1) is 10.2 Å². The van der Waals surface area contributed by atoms with Crippen LogP contribution in [0.25, 0.3) is 5.69 Å². The van der Waals surface area contributed by atoms with Crippen LogP contribution in [0.5, 0.6) is 0 Å². The predicted molar refractivity (Wildman–Crippen MR) is 109 cm³/mol. The molecule has 0 saturated heterocycles. The third kappa shape index (κ3) is 4.43. The van der Waals surface area contributed by atoms with Crippen LogP contribution in [0, 0.1) is 13.8 Å². The number of nitrogens with zero attached hydrogens (tertiary/aromatic N) is 4. The van der Waals surface area contributed by atoms with Crippen LogP contribution in [-0.4, -0.2) is 30.9 Å². The summed E-state index contributed by atoms with van der Waals surface area (Å²) in [5.74, 6) is 0.783. The lowest BCUT2D eigenvalue weighted by Crippen LogP contribution is -2.23. The number of hydrogen-bond acceptors (Lipinski definition) is 5. The van der Waals surface area contributed by atoms with Gasteiger partial charge in [-0.2, -0.15) is 0 Å². The topological polar surface area (TPSA) is 72.7 Å². The van der Waals surface area contributed by atoms with E-state index < -0.39 is 5.25 Å². The third-order valence-corrected chi connectivity index (χ3v) is 5.39. The van der Waals surface area contributed by atoms with E-state index in [0.717, 1.165) is 17.1 Å². The van der Waals surface area contributed by atoms with Crippen molar-refractivity contribution in [3.8, 4) is 5.69 Å². The molecule has 3 rings (SSSR count). The van der Waals surface area contributed by atoms with Gasteiger partial charge in [0.1, 0.15) is 5.82 Å². The number of thioether (sulfide) groups is 1. The average molecular weight is 422 g/mol. The highest BCUT2D eigenvalue weighted by molar-refractivity contribution is 8.00. The van der Waals surface area contributed by atoms with Crippen LogP contribution < -0.4 is 5.32 Å². The van der Waals surface area contributed by atoms with Gasteiger partial charge >= 0.3 is 0 Å². The molecule has 1 atom stereocenters. The maximum Gasteiger partial charge on any atom is 0.238 e. The first-order chi connectivity index (χ1) is 12.9. The largest absolute Gasteiger partial charge is 0.308 e. The first-order valence-electron chi connectivity index (χ1n) is 8.13. The Morgan fingerprint density at radius 1 is 1.22 bits per heavy atom. The number of benzene rings is 1. The second kappa shape index (κ2) is 8.29. The zero-order valence-corrected chi connectivity index (χ0v) is 17.2. The van der Waals surface area contributed by atoms with Gasteiger partial charge in [-0.25, -0.2) is 4.98 Å². The van der Waals surface area contributed by atoms with Crippen LogP contribution in [0.2, 0.25) is 10.0 Å². The summed E-state index contributed by atoms with van der Waals surface area (Å²) >= 11 is 13.2. The first-order valence-corrected chi connectivity index (χ1v) is 9.77. The molecule has 1 aromatic carbocycles. The lowest BCUT2D eigenvalue weighted by atomic mass is 10.2. The molecule has 1 amide bonds. The number of carbonyl (C=O) groups excluding carboxylic acids is 1. The van der Waals surface area contributed by atoms with Gasteiger partial charge in [-0.1, -0.05) is 53.2 Å². The Balaban J connectivity index is 1.79. The van der Waals surface area contributed by atoms with Crippen LogP contribution in [-0.2, 0) is 4.79 Å². The van der Waals surface area contributed by atoms with Crippen molar-refractivity contribution in [3.63, 3.8) is 0 Å². The smallest absolute Gasteiger partial charge is 0.238 e. The molecule has 0 aliphatic rings. The molecule has 2 aromatic heterocycles. The zero-order chi connectivity index (χ0) is 19.6. The molecule has 140 valence electrons. The second-order valence-corrected chi connectivity index (χ2v) is 8.04. The number of pyridine rings is 1. The number of hydrogen-bond donors (Lipinski definition) is 1. The fourth-order valence-electron chi connectivity index (χ4n) is 2.45. The van der Waals surface area contributed by atoms with Gasteiger partial charge in [0.05, 0.1) is 21.0 Å². The Labute approximate surface area is 171 Å². The van der Waals surface area contributed by atoms with E-state index in [1.807, 2.05) is 42.7 Å². The number of anilines is 1. The molecule has 0 bridgehead atoms. The summed E-state index contributed by atoms with van der Waals surface area (Å²) in [6.07, 6.45) is 1.43. The highest BCUT2D eigenvalue weighted by Crippen LogP contribution is 2.28. The Morgan fingerprint density at radius 3 is 2.67 bits per heavy atom. The van der Waals surface area contributed by atoms with Crippen molar-refractivity contribution >= 4 is 46.7 Å². The van der Waals surface area contributed by atoms with Crippen LogP contribution >= 0.6 is 35.0 Å². The zero-order valence-electron chi connectivity index (χ0n) is 14.9. The molecule has 0 radical (unpaired) electrons. The molecule has 3 aromatic rings. The molecule has 0 spiro atoms. The third-order valence-electron chi connectivity index (χ3n) is 3.85.